The minimum absolute atomic E-state index is 0.275. The second kappa shape index (κ2) is 6.95. The Morgan fingerprint density at radius 2 is 2.11 bits per heavy atom. The maximum atomic E-state index is 13.1. The molecule has 28 heavy (non-hydrogen) atoms. The summed E-state index contributed by atoms with van der Waals surface area (Å²) in [6.07, 6.45) is 3.13. The van der Waals surface area contributed by atoms with Gasteiger partial charge in [-0.05, 0) is 26.2 Å². The van der Waals surface area contributed by atoms with Gasteiger partial charge in [-0.1, -0.05) is 11.6 Å². The summed E-state index contributed by atoms with van der Waals surface area (Å²) in [6.45, 7) is 7.02. The number of imidazole rings is 1. The molecule has 1 N–H and O–H groups in total. The highest BCUT2D eigenvalue weighted by molar-refractivity contribution is 5.75. The first-order valence-electron chi connectivity index (χ1n) is 9.61. The highest BCUT2D eigenvalue weighted by atomic mass is 16.2. The van der Waals surface area contributed by atoms with Crippen molar-refractivity contribution in [2.45, 2.75) is 39.4 Å². The monoisotopic (exact) mass is 383 g/mol. The number of aryl methyl sites for hydroxylation is 1. The lowest BCUT2D eigenvalue weighted by atomic mass is 10.1. The second-order valence-corrected chi connectivity index (χ2v) is 7.83. The summed E-state index contributed by atoms with van der Waals surface area (Å²) in [5, 5.41) is 12.5. The number of hydrogen-bond acceptors (Lipinski definition) is 6. The zero-order valence-corrected chi connectivity index (χ0v) is 16.5. The highest BCUT2D eigenvalue weighted by Gasteiger charge is 2.40. The van der Waals surface area contributed by atoms with Crippen molar-refractivity contribution < 1.29 is 0 Å². The van der Waals surface area contributed by atoms with E-state index >= 15 is 0 Å². The molecule has 0 spiro atoms. The van der Waals surface area contributed by atoms with E-state index in [0.29, 0.717) is 29.7 Å². The van der Waals surface area contributed by atoms with Gasteiger partial charge in [-0.3, -0.25) is 9.36 Å². The largest absolute Gasteiger partial charge is 0.338 e. The van der Waals surface area contributed by atoms with Crippen LogP contribution in [0.2, 0.25) is 0 Å². The fourth-order valence-corrected chi connectivity index (χ4v) is 4.33. The number of nitriles is 1. The third kappa shape index (κ3) is 2.76. The van der Waals surface area contributed by atoms with Gasteiger partial charge in [0.1, 0.15) is 6.54 Å². The van der Waals surface area contributed by atoms with Crippen LogP contribution in [0.1, 0.15) is 20.3 Å². The zero-order valence-electron chi connectivity index (χ0n) is 16.5. The molecule has 0 radical (unpaired) electrons. The number of aromatic nitrogens is 4. The topological polar surface area (TPSA) is 101 Å². The lowest BCUT2D eigenvalue weighted by Gasteiger charge is -2.25. The molecule has 2 fully saturated rings. The Labute approximate surface area is 162 Å². The van der Waals surface area contributed by atoms with Crippen LogP contribution in [-0.4, -0.2) is 44.4 Å². The van der Waals surface area contributed by atoms with E-state index in [-0.39, 0.29) is 6.54 Å². The van der Waals surface area contributed by atoms with Crippen LogP contribution in [0.15, 0.2) is 21.2 Å². The Morgan fingerprint density at radius 3 is 2.82 bits per heavy atom. The molecule has 0 aliphatic carbocycles. The van der Waals surface area contributed by atoms with Crippen molar-refractivity contribution in [3.63, 3.8) is 0 Å². The number of nitrogens with zero attached hydrogens (tertiary/aromatic N) is 6. The molecule has 2 aromatic rings. The molecule has 2 aliphatic heterocycles. The van der Waals surface area contributed by atoms with Crippen molar-refractivity contribution >= 4 is 17.1 Å². The van der Waals surface area contributed by atoms with Crippen LogP contribution in [0, 0.1) is 17.2 Å². The average molecular weight is 383 g/mol. The fourth-order valence-electron chi connectivity index (χ4n) is 4.33. The van der Waals surface area contributed by atoms with Gasteiger partial charge in [0, 0.05) is 39.3 Å². The molecule has 4 rings (SSSR count). The Bertz CT molecular complexity index is 1110. The number of anilines is 1. The Morgan fingerprint density at radius 1 is 1.32 bits per heavy atom. The molecule has 148 valence electrons. The van der Waals surface area contributed by atoms with E-state index in [4.69, 9.17) is 10.2 Å². The van der Waals surface area contributed by atoms with E-state index in [1.807, 2.05) is 30.6 Å². The van der Waals surface area contributed by atoms with E-state index in [2.05, 4.69) is 10.2 Å². The molecule has 9 nitrogen and oxygen atoms in total. The summed E-state index contributed by atoms with van der Waals surface area (Å²) < 4.78 is 4.26. The van der Waals surface area contributed by atoms with Crippen LogP contribution in [0.5, 0.6) is 0 Å². The lowest BCUT2D eigenvalue weighted by Crippen LogP contribution is -2.39. The Balaban J connectivity index is 1.98. The van der Waals surface area contributed by atoms with Crippen molar-refractivity contribution in [3.05, 3.63) is 32.5 Å². The van der Waals surface area contributed by atoms with Gasteiger partial charge < -0.3 is 14.8 Å². The average Bonchev–Trinajstić information content (AvgIpc) is 3.35. The first kappa shape index (κ1) is 18.5. The van der Waals surface area contributed by atoms with Gasteiger partial charge in [-0.25, -0.2) is 9.36 Å². The Hall–Kier alpha value is -2.86. The fraction of sp³-hybridized carbons (Fsp3) is 0.579. The molecule has 2 saturated heterocycles. The molecule has 4 heterocycles. The molecular formula is C19H25N7O2. The minimum Gasteiger partial charge on any atom is -0.338 e. The lowest BCUT2D eigenvalue weighted by molar-refractivity contribution is 0.573. The molecular weight excluding hydrogens is 358 g/mol. The molecule has 2 atom stereocenters. The third-order valence-corrected chi connectivity index (χ3v) is 5.83. The van der Waals surface area contributed by atoms with E-state index in [1.54, 1.807) is 7.05 Å². The molecule has 0 saturated carbocycles. The Kier molecular flexibility index (Phi) is 4.59. The predicted molar refractivity (Wildman–Crippen MR) is 106 cm³/mol. The van der Waals surface area contributed by atoms with Crippen molar-refractivity contribution in [1.82, 2.24) is 24.0 Å². The molecule has 0 amide bonds. The molecule has 9 heteroatoms. The van der Waals surface area contributed by atoms with Crippen molar-refractivity contribution in [1.29, 1.82) is 5.26 Å². The summed E-state index contributed by atoms with van der Waals surface area (Å²) in [6, 6.07) is 2.26. The summed E-state index contributed by atoms with van der Waals surface area (Å²) in [4.78, 5) is 32.7. The van der Waals surface area contributed by atoms with Crippen LogP contribution < -0.4 is 21.5 Å². The van der Waals surface area contributed by atoms with Crippen LogP contribution in [-0.2, 0) is 20.1 Å². The standard InChI is InChI=1S/C19H25N7O2/c1-12(2)4-7-25-15-16(23(3)19(28)26(9-6-20)17(15)27)22-18(25)24-8-5-13-10-21-11-14(13)24/h4,13-14,21H,5,7-11H2,1-3H3. The quantitative estimate of drug-likeness (QED) is 0.756. The minimum atomic E-state index is -0.515. The summed E-state index contributed by atoms with van der Waals surface area (Å²) in [5.41, 5.74) is 0.909. The molecule has 2 aliphatic rings. The van der Waals surface area contributed by atoms with Gasteiger partial charge in [0.2, 0.25) is 5.95 Å². The van der Waals surface area contributed by atoms with Crippen molar-refractivity contribution in [2.24, 2.45) is 13.0 Å². The number of fused-ring (bicyclic) bond motifs is 2. The van der Waals surface area contributed by atoms with Gasteiger partial charge in [-0.15, -0.1) is 0 Å². The van der Waals surface area contributed by atoms with Crippen LogP contribution >= 0.6 is 0 Å². The summed E-state index contributed by atoms with van der Waals surface area (Å²) in [5.74, 6) is 1.31. The number of rotatable bonds is 4. The maximum Gasteiger partial charge on any atom is 0.333 e. The van der Waals surface area contributed by atoms with E-state index in [9.17, 15) is 9.59 Å². The van der Waals surface area contributed by atoms with Gasteiger partial charge in [0.25, 0.3) is 5.56 Å². The van der Waals surface area contributed by atoms with Gasteiger partial charge >= 0.3 is 5.69 Å². The van der Waals surface area contributed by atoms with Gasteiger partial charge in [0.05, 0.1) is 6.07 Å². The summed E-state index contributed by atoms with van der Waals surface area (Å²) in [7, 11) is 1.60. The molecule has 2 aromatic heterocycles. The molecule has 0 bridgehead atoms. The number of allylic oxidation sites excluding steroid dienone is 2. The first-order valence-corrected chi connectivity index (χ1v) is 9.61. The van der Waals surface area contributed by atoms with Crippen molar-refractivity contribution in [3.8, 4) is 6.07 Å². The summed E-state index contributed by atoms with van der Waals surface area (Å²) >= 11 is 0. The third-order valence-electron chi connectivity index (χ3n) is 5.83. The number of nitrogens with one attached hydrogen (secondary N) is 1. The van der Waals surface area contributed by atoms with Crippen LogP contribution in [0.25, 0.3) is 11.2 Å². The maximum absolute atomic E-state index is 13.1. The predicted octanol–water partition coefficient (Wildman–Crippen LogP) is 0.185. The van der Waals surface area contributed by atoms with E-state index in [1.165, 1.54) is 4.57 Å². The van der Waals surface area contributed by atoms with Crippen molar-refractivity contribution in [2.75, 3.05) is 24.5 Å². The first-order chi connectivity index (χ1) is 13.4. The second-order valence-electron chi connectivity index (χ2n) is 7.83. The smallest absolute Gasteiger partial charge is 0.333 e. The molecule has 0 aromatic carbocycles. The van der Waals surface area contributed by atoms with Gasteiger partial charge in [0.15, 0.2) is 11.2 Å². The van der Waals surface area contributed by atoms with Crippen LogP contribution in [0.4, 0.5) is 5.95 Å². The van der Waals surface area contributed by atoms with Gasteiger partial charge in [-0.2, -0.15) is 10.2 Å². The zero-order chi connectivity index (χ0) is 20.0. The van der Waals surface area contributed by atoms with E-state index in [0.717, 1.165) is 42.1 Å². The van der Waals surface area contributed by atoms with E-state index < -0.39 is 11.2 Å². The highest BCUT2D eigenvalue weighted by Crippen LogP contribution is 2.32. The normalized spacial score (nSPS) is 21.1. The van der Waals surface area contributed by atoms with Crippen LogP contribution in [0.3, 0.4) is 0 Å². The SMILES string of the molecule is CC(C)=CCn1c(N2CCC3CNCC32)nc2c1c(=O)n(CC#N)c(=O)n2C. The molecule has 2 unspecified atom stereocenters. The number of hydrogen-bond donors (Lipinski definition) is 1.